The van der Waals surface area contributed by atoms with E-state index in [9.17, 15) is 10.1 Å². The van der Waals surface area contributed by atoms with Crippen molar-refractivity contribution in [1.29, 1.82) is 0 Å². The Hall–Kier alpha value is -0.690. The standard InChI is InChI=1S/C10H10ClIN2O2/c1-6(2)10(11)13-7-3-4-9(14(15)16)8(12)5-7/h3-6H,1-2H3/b13-10-. The van der Waals surface area contributed by atoms with Crippen molar-refractivity contribution in [1.82, 2.24) is 0 Å². The Balaban J connectivity index is 3.07. The van der Waals surface area contributed by atoms with E-state index in [4.69, 9.17) is 11.6 Å². The maximum atomic E-state index is 10.6. The van der Waals surface area contributed by atoms with Crippen LogP contribution in [0.4, 0.5) is 11.4 Å². The number of nitro benzene ring substituents is 1. The highest BCUT2D eigenvalue weighted by atomic mass is 127. The fourth-order valence-corrected chi connectivity index (χ4v) is 1.76. The van der Waals surface area contributed by atoms with Crippen molar-refractivity contribution in [2.45, 2.75) is 13.8 Å². The Bertz CT molecular complexity index is 446. The molecule has 0 aromatic heterocycles. The van der Waals surface area contributed by atoms with E-state index in [1.165, 1.54) is 6.07 Å². The van der Waals surface area contributed by atoms with Crippen LogP contribution in [0.15, 0.2) is 23.2 Å². The van der Waals surface area contributed by atoms with E-state index in [2.05, 4.69) is 4.99 Å². The van der Waals surface area contributed by atoms with Gasteiger partial charge in [0, 0.05) is 12.0 Å². The van der Waals surface area contributed by atoms with Gasteiger partial charge in [0.2, 0.25) is 0 Å². The number of rotatable bonds is 3. The first-order chi connectivity index (χ1) is 7.41. The fourth-order valence-electron chi connectivity index (χ4n) is 0.966. The summed E-state index contributed by atoms with van der Waals surface area (Å²) in [4.78, 5) is 14.4. The predicted octanol–water partition coefficient (Wildman–Crippen LogP) is 4.12. The lowest BCUT2D eigenvalue weighted by Gasteiger charge is -2.02. The third-order valence-electron chi connectivity index (χ3n) is 1.84. The Labute approximate surface area is 112 Å². The molecule has 0 bridgehead atoms. The molecule has 1 aromatic carbocycles. The first-order valence-electron chi connectivity index (χ1n) is 4.60. The van der Waals surface area contributed by atoms with Gasteiger partial charge in [0.05, 0.1) is 14.2 Å². The molecule has 0 saturated carbocycles. The van der Waals surface area contributed by atoms with E-state index < -0.39 is 4.92 Å². The molecule has 0 unspecified atom stereocenters. The topological polar surface area (TPSA) is 55.5 Å². The predicted molar refractivity (Wildman–Crippen MR) is 73.6 cm³/mol. The van der Waals surface area contributed by atoms with Gasteiger partial charge in [-0.1, -0.05) is 25.4 Å². The number of nitro groups is 1. The van der Waals surface area contributed by atoms with Gasteiger partial charge in [0.15, 0.2) is 0 Å². The molecule has 6 heteroatoms. The number of hydrogen-bond acceptors (Lipinski definition) is 3. The van der Waals surface area contributed by atoms with E-state index in [-0.39, 0.29) is 11.6 Å². The molecule has 1 aromatic rings. The molecule has 0 fully saturated rings. The van der Waals surface area contributed by atoms with Gasteiger partial charge in [-0.15, -0.1) is 0 Å². The van der Waals surface area contributed by atoms with Gasteiger partial charge in [-0.3, -0.25) is 10.1 Å². The number of benzene rings is 1. The zero-order valence-electron chi connectivity index (χ0n) is 8.78. The van der Waals surface area contributed by atoms with Crippen LogP contribution < -0.4 is 0 Å². The Morgan fingerprint density at radius 1 is 1.56 bits per heavy atom. The molecule has 1 rings (SSSR count). The summed E-state index contributed by atoms with van der Waals surface area (Å²) in [5.74, 6) is 0.148. The van der Waals surface area contributed by atoms with Gasteiger partial charge in [-0.25, -0.2) is 4.99 Å². The lowest BCUT2D eigenvalue weighted by Crippen LogP contribution is -1.97. The first kappa shape index (κ1) is 13.4. The average Bonchev–Trinajstić information content (AvgIpc) is 2.16. The van der Waals surface area contributed by atoms with E-state index in [1.807, 2.05) is 36.4 Å². The van der Waals surface area contributed by atoms with Crippen LogP contribution in [0.1, 0.15) is 13.8 Å². The maximum Gasteiger partial charge on any atom is 0.282 e. The van der Waals surface area contributed by atoms with Gasteiger partial charge < -0.3 is 0 Å². The largest absolute Gasteiger partial charge is 0.282 e. The third-order valence-corrected chi connectivity index (χ3v) is 3.23. The molecule has 0 atom stereocenters. The molecule has 0 heterocycles. The van der Waals surface area contributed by atoms with Gasteiger partial charge in [-0.05, 0) is 34.7 Å². The molecule has 0 radical (unpaired) electrons. The molecule has 4 nitrogen and oxygen atoms in total. The van der Waals surface area contributed by atoms with E-state index in [1.54, 1.807) is 12.1 Å². The van der Waals surface area contributed by atoms with Crippen LogP contribution in [0.2, 0.25) is 0 Å². The highest BCUT2D eigenvalue weighted by Gasteiger charge is 2.11. The van der Waals surface area contributed by atoms with E-state index in [0.717, 1.165) is 0 Å². The molecule has 86 valence electrons. The van der Waals surface area contributed by atoms with Crippen LogP contribution in [-0.4, -0.2) is 10.1 Å². The first-order valence-corrected chi connectivity index (χ1v) is 6.05. The van der Waals surface area contributed by atoms with Gasteiger partial charge >= 0.3 is 0 Å². The lowest BCUT2D eigenvalue weighted by atomic mass is 10.2. The van der Waals surface area contributed by atoms with Crippen molar-refractivity contribution < 1.29 is 4.92 Å². The minimum absolute atomic E-state index is 0.0835. The number of nitrogens with zero attached hydrogens (tertiary/aromatic N) is 2. The zero-order chi connectivity index (χ0) is 12.3. The lowest BCUT2D eigenvalue weighted by molar-refractivity contribution is -0.385. The summed E-state index contributed by atoms with van der Waals surface area (Å²) in [5.41, 5.74) is 0.717. The van der Waals surface area contributed by atoms with Gasteiger partial charge in [0.1, 0.15) is 5.17 Å². The molecule has 0 N–H and O–H groups in total. The molecule has 0 saturated heterocycles. The van der Waals surface area contributed by atoms with Crippen molar-refractivity contribution in [2.75, 3.05) is 0 Å². The summed E-state index contributed by atoms with van der Waals surface area (Å²) in [5, 5.41) is 11.1. The Kier molecular flexibility index (Phi) is 4.67. The van der Waals surface area contributed by atoms with E-state index >= 15 is 0 Å². The molecule has 0 spiro atoms. The smallest absolute Gasteiger partial charge is 0.258 e. The minimum atomic E-state index is -0.417. The van der Waals surface area contributed by atoms with Crippen LogP contribution >= 0.6 is 34.2 Å². The van der Waals surface area contributed by atoms with E-state index in [0.29, 0.717) is 14.4 Å². The molecule has 0 amide bonds. The quantitative estimate of drug-likeness (QED) is 0.355. The van der Waals surface area contributed by atoms with Crippen LogP contribution in [0.25, 0.3) is 0 Å². The fraction of sp³-hybridized carbons (Fsp3) is 0.300. The SMILES string of the molecule is CC(C)/C(Cl)=N/c1ccc([N+](=O)[O-])c(I)c1. The minimum Gasteiger partial charge on any atom is -0.258 e. The summed E-state index contributed by atoms with van der Waals surface area (Å²) < 4.78 is 0.553. The summed E-state index contributed by atoms with van der Waals surface area (Å²) in [6.07, 6.45) is 0. The maximum absolute atomic E-state index is 10.6. The van der Waals surface area contributed by atoms with Crippen LogP contribution in [0.5, 0.6) is 0 Å². The second-order valence-corrected chi connectivity index (χ2v) is 5.03. The Morgan fingerprint density at radius 2 is 2.19 bits per heavy atom. The highest BCUT2D eigenvalue weighted by molar-refractivity contribution is 14.1. The number of aliphatic imine (C=N–C) groups is 1. The molecule has 0 aliphatic rings. The number of halogens is 2. The zero-order valence-corrected chi connectivity index (χ0v) is 11.7. The van der Waals surface area contributed by atoms with Gasteiger partial charge in [-0.2, -0.15) is 0 Å². The summed E-state index contributed by atoms with van der Waals surface area (Å²) in [7, 11) is 0. The normalized spacial score (nSPS) is 11.9. The molecule has 0 aliphatic heterocycles. The van der Waals surface area contributed by atoms with Crippen LogP contribution in [0, 0.1) is 19.6 Å². The summed E-state index contributed by atoms with van der Waals surface area (Å²) >= 11 is 7.83. The molecular formula is C10H10ClIN2O2. The van der Waals surface area contributed by atoms with Gasteiger partial charge in [0.25, 0.3) is 5.69 Å². The van der Waals surface area contributed by atoms with Crippen LogP contribution in [-0.2, 0) is 0 Å². The Morgan fingerprint density at radius 3 is 2.62 bits per heavy atom. The monoisotopic (exact) mass is 352 g/mol. The summed E-state index contributed by atoms with van der Waals surface area (Å²) in [6.45, 7) is 3.87. The third kappa shape index (κ3) is 3.41. The molecule has 16 heavy (non-hydrogen) atoms. The molecular weight excluding hydrogens is 342 g/mol. The van der Waals surface area contributed by atoms with Crippen molar-refractivity contribution in [2.24, 2.45) is 10.9 Å². The van der Waals surface area contributed by atoms with Crippen molar-refractivity contribution in [3.63, 3.8) is 0 Å². The number of hydrogen-bond donors (Lipinski definition) is 0. The summed E-state index contributed by atoms with van der Waals surface area (Å²) in [6, 6.07) is 4.67. The second-order valence-electron chi connectivity index (χ2n) is 3.48. The average molecular weight is 353 g/mol. The van der Waals surface area contributed by atoms with Crippen molar-refractivity contribution in [3.05, 3.63) is 31.9 Å². The van der Waals surface area contributed by atoms with Crippen molar-refractivity contribution >= 4 is 50.7 Å². The van der Waals surface area contributed by atoms with Crippen molar-refractivity contribution in [3.8, 4) is 0 Å². The van der Waals surface area contributed by atoms with Crippen LogP contribution in [0.3, 0.4) is 0 Å². The second kappa shape index (κ2) is 5.58. The molecule has 0 aliphatic carbocycles. The highest BCUT2D eigenvalue weighted by Crippen LogP contribution is 2.26.